The van der Waals surface area contributed by atoms with E-state index >= 15 is 0 Å². The van der Waals surface area contributed by atoms with Gasteiger partial charge in [0.2, 0.25) is 0 Å². The van der Waals surface area contributed by atoms with Gasteiger partial charge < -0.3 is 10.1 Å². The zero-order valence-corrected chi connectivity index (χ0v) is 15.0. The predicted octanol–water partition coefficient (Wildman–Crippen LogP) is 3.47. The Bertz CT molecular complexity index is 1020. The monoisotopic (exact) mass is 379 g/mol. The summed E-state index contributed by atoms with van der Waals surface area (Å²) in [4.78, 5) is 16.3. The van der Waals surface area contributed by atoms with Crippen LogP contribution in [-0.2, 0) is 4.79 Å². The van der Waals surface area contributed by atoms with Gasteiger partial charge in [-0.3, -0.25) is 4.79 Å². The molecule has 0 saturated heterocycles. The van der Waals surface area contributed by atoms with Crippen molar-refractivity contribution in [3.05, 3.63) is 71.3 Å². The standard InChI is InChI=1S/C19H14ClN5O2/c1-27-18-7-4-15(9-17(18)20)24-19(26)14(10-21)8-13-2-5-16(6-3-13)25-12-22-11-23-25/h2-9,11-12H,1H3,(H,24,26)/b14-8-. The van der Waals surface area contributed by atoms with E-state index in [1.54, 1.807) is 41.3 Å². The van der Waals surface area contributed by atoms with Crippen LogP contribution in [0, 0.1) is 11.3 Å². The van der Waals surface area contributed by atoms with Crippen LogP contribution >= 0.6 is 11.6 Å². The third kappa shape index (κ3) is 4.32. The van der Waals surface area contributed by atoms with Gasteiger partial charge in [0.1, 0.15) is 30.0 Å². The molecule has 2 aromatic carbocycles. The number of ether oxygens (including phenoxy) is 1. The molecule has 0 fully saturated rings. The van der Waals surface area contributed by atoms with Crippen molar-refractivity contribution in [2.45, 2.75) is 0 Å². The topological polar surface area (TPSA) is 92.8 Å². The van der Waals surface area contributed by atoms with E-state index in [2.05, 4.69) is 15.4 Å². The van der Waals surface area contributed by atoms with Crippen molar-refractivity contribution in [3.63, 3.8) is 0 Å². The van der Waals surface area contributed by atoms with Crippen LogP contribution in [0.3, 0.4) is 0 Å². The Kier molecular flexibility index (Phi) is 5.50. The van der Waals surface area contributed by atoms with E-state index in [4.69, 9.17) is 16.3 Å². The number of halogens is 1. The molecule has 1 amide bonds. The second-order valence-corrected chi connectivity index (χ2v) is 5.81. The molecule has 0 atom stereocenters. The van der Waals surface area contributed by atoms with Gasteiger partial charge in [-0.15, -0.1) is 0 Å². The van der Waals surface area contributed by atoms with Crippen molar-refractivity contribution in [3.8, 4) is 17.5 Å². The van der Waals surface area contributed by atoms with Gasteiger partial charge in [-0.2, -0.15) is 10.4 Å². The maximum absolute atomic E-state index is 12.4. The van der Waals surface area contributed by atoms with Gasteiger partial charge in [0.05, 0.1) is 17.8 Å². The average Bonchev–Trinajstić information content (AvgIpc) is 3.21. The molecular weight excluding hydrogens is 366 g/mol. The number of hydrogen-bond acceptors (Lipinski definition) is 5. The highest BCUT2D eigenvalue weighted by Crippen LogP contribution is 2.27. The fourth-order valence-electron chi connectivity index (χ4n) is 2.32. The molecule has 27 heavy (non-hydrogen) atoms. The van der Waals surface area contributed by atoms with Gasteiger partial charge in [-0.25, -0.2) is 9.67 Å². The number of rotatable bonds is 5. The Morgan fingerprint density at radius 1 is 1.30 bits per heavy atom. The number of hydrogen-bond donors (Lipinski definition) is 1. The van der Waals surface area contributed by atoms with Gasteiger partial charge in [0, 0.05) is 5.69 Å². The van der Waals surface area contributed by atoms with Crippen molar-refractivity contribution < 1.29 is 9.53 Å². The number of carbonyl (C=O) groups excluding carboxylic acids is 1. The Hall–Kier alpha value is -3.63. The molecule has 1 heterocycles. The lowest BCUT2D eigenvalue weighted by molar-refractivity contribution is -0.112. The summed E-state index contributed by atoms with van der Waals surface area (Å²) in [6, 6.07) is 13.9. The summed E-state index contributed by atoms with van der Waals surface area (Å²) in [6.07, 6.45) is 4.53. The van der Waals surface area contributed by atoms with E-state index in [9.17, 15) is 10.1 Å². The van der Waals surface area contributed by atoms with Crippen LogP contribution in [0.15, 0.2) is 60.7 Å². The number of aromatic nitrogens is 3. The normalized spacial score (nSPS) is 10.9. The summed E-state index contributed by atoms with van der Waals surface area (Å²) >= 11 is 6.05. The van der Waals surface area contributed by atoms with Crippen molar-refractivity contribution in [1.29, 1.82) is 5.26 Å². The van der Waals surface area contributed by atoms with Gasteiger partial charge >= 0.3 is 0 Å². The summed E-state index contributed by atoms with van der Waals surface area (Å²) < 4.78 is 6.68. The number of amides is 1. The van der Waals surface area contributed by atoms with E-state index in [0.717, 1.165) is 5.69 Å². The second kappa shape index (κ2) is 8.17. The maximum Gasteiger partial charge on any atom is 0.266 e. The van der Waals surface area contributed by atoms with E-state index in [1.807, 2.05) is 18.2 Å². The number of carbonyl (C=O) groups is 1. The molecule has 134 valence electrons. The second-order valence-electron chi connectivity index (χ2n) is 5.40. The zero-order valence-electron chi connectivity index (χ0n) is 14.3. The smallest absolute Gasteiger partial charge is 0.266 e. The number of benzene rings is 2. The van der Waals surface area contributed by atoms with E-state index < -0.39 is 5.91 Å². The van der Waals surface area contributed by atoms with Gasteiger partial charge in [0.15, 0.2) is 0 Å². The molecule has 0 radical (unpaired) electrons. The van der Waals surface area contributed by atoms with Crippen LogP contribution in [0.1, 0.15) is 5.56 Å². The Morgan fingerprint density at radius 3 is 2.67 bits per heavy atom. The zero-order chi connectivity index (χ0) is 19.2. The highest BCUT2D eigenvalue weighted by molar-refractivity contribution is 6.32. The molecule has 0 saturated carbocycles. The largest absolute Gasteiger partial charge is 0.495 e. The first kappa shape index (κ1) is 18.2. The fourth-order valence-corrected chi connectivity index (χ4v) is 2.58. The minimum atomic E-state index is -0.529. The predicted molar refractivity (Wildman–Crippen MR) is 102 cm³/mol. The SMILES string of the molecule is COc1ccc(NC(=O)/C(C#N)=C\c2ccc(-n3cncn3)cc2)cc1Cl. The summed E-state index contributed by atoms with van der Waals surface area (Å²) in [6.45, 7) is 0. The number of nitrogens with one attached hydrogen (secondary N) is 1. The van der Waals surface area contributed by atoms with Crippen molar-refractivity contribution in [2.24, 2.45) is 0 Å². The molecule has 8 heteroatoms. The number of nitrogens with zero attached hydrogens (tertiary/aromatic N) is 4. The van der Waals surface area contributed by atoms with Crippen LogP contribution in [-0.4, -0.2) is 27.8 Å². The molecule has 0 aliphatic carbocycles. The summed E-state index contributed by atoms with van der Waals surface area (Å²) in [5, 5.41) is 16.4. The van der Waals surface area contributed by atoms with Crippen LogP contribution in [0.5, 0.6) is 5.75 Å². The van der Waals surface area contributed by atoms with Crippen molar-refractivity contribution in [2.75, 3.05) is 12.4 Å². The number of anilines is 1. The van der Waals surface area contributed by atoms with Crippen molar-refractivity contribution >= 4 is 29.3 Å². The molecule has 7 nitrogen and oxygen atoms in total. The van der Waals surface area contributed by atoms with Gasteiger partial charge in [-0.05, 0) is 42.0 Å². The highest BCUT2D eigenvalue weighted by Gasteiger charge is 2.11. The Labute approximate surface area is 160 Å². The first-order valence-corrected chi connectivity index (χ1v) is 8.20. The van der Waals surface area contributed by atoms with Crippen LogP contribution in [0.4, 0.5) is 5.69 Å². The molecule has 0 aliphatic rings. The molecule has 0 spiro atoms. The lowest BCUT2D eigenvalue weighted by atomic mass is 10.1. The molecule has 0 bridgehead atoms. The van der Waals surface area contributed by atoms with Gasteiger partial charge in [-0.1, -0.05) is 23.7 Å². The lowest BCUT2D eigenvalue weighted by Crippen LogP contribution is -2.13. The van der Waals surface area contributed by atoms with Crippen molar-refractivity contribution in [1.82, 2.24) is 14.8 Å². The molecule has 1 aromatic heterocycles. The lowest BCUT2D eigenvalue weighted by Gasteiger charge is -2.07. The fraction of sp³-hybridized carbons (Fsp3) is 0.0526. The molecule has 3 rings (SSSR count). The Morgan fingerprint density at radius 2 is 2.07 bits per heavy atom. The van der Waals surface area contributed by atoms with E-state index in [1.165, 1.54) is 19.5 Å². The van der Waals surface area contributed by atoms with Crippen LogP contribution < -0.4 is 10.1 Å². The van der Waals surface area contributed by atoms with Gasteiger partial charge in [0.25, 0.3) is 5.91 Å². The first-order chi connectivity index (χ1) is 13.1. The Balaban J connectivity index is 1.76. The van der Waals surface area contributed by atoms with E-state index in [0.29, 0.717) is 22.0 Å². The first-order valence-electron chi connectivity index (χ1n) is 7.82. The molecule has 0 aliphatic heterocycles. The van der Waals surface area contributed by atoms with E-state index in [-0.39, 0.29) is 5.57 Å². The summed E-state index contributed by atoms with van der Waals surface area (Å²) in [7, 11) is 1.50. The minimum absolute atomic E-state index is 0.0320. The molecule has 1 N–H and O–H groups in total. The molecule has 3 aromatic rings. The molecular formula is C19H14ClN5O2. The quantitative estimate of drug-likeness (QED) is 0.541. The maximum atomic E-state index is 12.4. The number of nitriles is 1. The number of methoxy groups -OCH3 is 1. The van der Waals surface area contributed by atoms with Crippen LogP contribution in [0.2, 0.25) is 5.02 Å². The average molecular weight is 380 g/mol. The third-order valence-corrected chi connectivity index (χ3v) is 3.96. The highest BCUT2D eigenvalue weighted by atomic mass is 35.5. The summed E-state index contributed by atoms with van der Waals surface area (Å²) in [5.41, 5.74) is 1.96. The summed E-state index contributed by atoms with van der Waals surface area (Å²) in [5.74, 6) is -0.0303. The minimum Gasteiger partial charge on any atom is -0.495 e. The third-order valence-electron chi connectivity index (χ3n) is 3.66. The molecule has 0 unspecified atom stereocenters. The van der Waals surface area contributed by atoms with Crippen LogP contribution in [0.25, 0.3) is 11.8 Å².